The second-order valence-electron chi connectivity index (χ2n) is 7.86. The zero-order valence-corrected chi connectivity index (χ0v) is 19.1. The van der Waals surface area contributed by atoms with Crippen molar-refractivity contribution < 1.29 is 27.0 Å². The number of aromatic nitrogens is 1. The van der Waals surface area contributed by atoms with E-state index in [2.05, 4.69) is 9.88 Å². The molecular formula is C23H25N3O6S. The lowest BCUT2D eigenvalue weighted by molar-refractivity contribution is 0.170. The molecule has 2 aliphatic rings. The molecule has 174 valence electrons. The number of oxazole rings is 1. The van der Waals surface area contributed by atoms with Crippen LogP contribution in [0.5, 0.6) is 17.2 Å². The minimum absolute atomic E-state index is 0.223. The first-order chi connectivity index (χ1) is 16.0. The van der Waals surface area contributed by atoms with E-state index in [-0.39, 0.29) is 4.90 Å². The van der Waals surface area contributed by atoms with Crippen LogP contribution in [0, 0.1) is 0 Å². The standard InChI is InChI=1S/C23H25N3O6S/c1-29-19-4-2-17(3-5-19)23-24-18(16-32-23)15-25-8-10-26(11-9-25)33(27,28)20-6-7-21-22(14-20)31-13-12-30-21/h2-7,14,16H,8-13,15H2,1H3. The Bertz CT molecular complexity index is 1220. The van der Waals surface area contributed by atoms with E-state index in [0.717, 1.165) is 17.0 Å². The van der Waals surface area contributed by atoms with Gasteiger partial charge < -0.3 is 18.6 Å². The smallest absolute Gasteiger partial charge is 0.243 e. The van der Waals surface area contributed by atoms with Crippen LogP contribution in [-0.4, -0.2) is 69.1 Å². The van der Waals surface area contributed by atoms with Gasteiger partial charge in [0, 0.05) is 44.4 Å². The SMILES string of the molecule is COc1ccc(-c2nc(CN3CCN(S(=O)(=O)c4ccc5c(c4)OCCO5)CC3)co2)cc1. The Labute approximate surface area is 192 Å². The zero-order valence-electron chi connectivity index (χ0n) is 18.3. The number of sulfonamides is 1. The highest BCUT2D eigenvalue weighted by Crippen LogP contribution is 2.33. The van der Waals surface area contributed by atoms with Gasteiger partial charge in [-0.3, -0.25) is 4.90 Å². The minimum Gasteiger partial charge on any atom is -0.497 e. The van der Waals surface area contributed by atoms with E-state index in [9.17, 15) is 8.42 Å². The number of fused-ring (bicyclic) bond motifs is 1. The Morgan fingerprint density at radius 3 is 2.42 bits per heavy atom. The van der Waals surface area contributed by atoms with Crippen LogP contribution in [0.25, 0.3) is 11.5 Å². The highest BCUT2D eigenvalue weighted by Gasteiger charge is 2.30. The van der Waals surface area contributed by atoms with Crippen LogP contribution in [0.4, 0.5) is 0 Å². The Balaban J connectivity index is 1.20. The molecule has 0 bridgehead atoms. The van der Waals surface area contributed by atoms with Gasteiger partial charge in [0.15, 0.2) is 11.5 Å². The quantitative estimate of drug-likeness (QED) is 0.542. The maximum atomic E-state index is 13.1. The lowest BCUT2D eigenvalue weighted by atomic mass is 10.2. The van der Waals surface area contributed by atoms with Crippen LogP contribution in [0.15, 0.2) is 58.0 Å². The summed E-state index contributed by atoms with van der Waals surface area (Å²) in [6, 6.07) is 12.3. The van der Waals surface area contributed by atoms with Crippen molar-refractivity contribution in [3.8, 4) is 28.7 Å². The summed E-state index contributed by atoms with van der Waals surface area (Å²) < 4.78 is 49.6. The van der Waals surface area contributed by atoms with Gasteiger partial charge in [-0.15, -0.1) is 0 Å². The van der Waals surface area contributed by atoms with Gasteiger partial charge in [-0.1, -0.05) is 0 Å². The molecule has 3 aromatic rings. The van der Waals surface area contributed by atoms with E-state index in [1.165, 1.54) is 4.31 Å². The van der Waals surface area contributed by atoms with Gasteiger partial charge in [0.05, 0.1) is 17.7 Å². The third-order valence-electron chi connectivity index (χ3n) is 5.76. The number of hydrogen-bond acceptors (Lipinski definition) is 8. The predicted octanol–water partition coefficient (Wildman–Crippen LogP) is 2.63. The van der Waals surface area contributed by atoms with Crippen LogP contribution in [0.3, 0.4) is 0 Å². The van der Waals surface area contributed by atoms with E-state index in [1.807, 2.05) is 24.3 Å². The van der Waals surface area contributed by atoms with Crippen molar-refractivity contribution in [1.29, 1.82) is 0 Å². The molecule has 0 unspecified atom stereocenters. The minimum atomic E-state index is -3.60. The Hall–Kier alpha value is -3.08. The summed E-state index contributed by atoms with van der Waals surface area (Å²) >= 11 is 0. The van der Waals surface area contributed by atoms with E-state index in [0.29, 0.717) is 63.3 Å². The lowest BCUT2D eigenvalue weighted by Crippen LogP contribution is -2.48. The molecule has 0 spiro atoms. The predicted molar refractivity (Wildman–Crippen MR) is 120 cm³/mol. The molecule has 1 saturated heterocycles. The summed E-state index contributed by atoms with van der Waals surface area (Å²) in [4.78, 5) is 6.97. The maximum absolute atomic E-state index is 13.1. The van der Waals surface area contributed by atoms with Crippen LogP contribution in [-0.2, 0) is 16.6 Å². The van der Waals surface area contributed by atoms with E-state index in [4.69, 9.17) is 18.6 Å². The second kappa shape index (κ2) is 9.05. The molecule has 0 N–H and O–H groups in total. The van der Waals surface area contributed by atoms with Gasteiger partial charge in [0.25, 0.3) is 0 Å². The molecule has 0 amide bonds. The molecule has 0 atom stereocenters. The van der Waals surface area contributed by atoms with Crippen molar-refractivity contribution >= 4 is 10.0 Å². The molecule has 10 heteroatoms. The highest BCUT2D eigenvalue weighted by atomic mass is 32.2. The van der Waals surface area contributed by atoms with E-state index < -0.39 is 10.0 Å². The Morgan fingerprint density at radius 2 is 1.70 bits per heavy atom. The molecule has 2 aliphatic heterocycles. The number of hydrogen-bond donors (Lipinski definition) is 0. The molecular weight excluding hydrogens is 446 g/mol. The molecule has 0 radical (unpaired) electrons. The van der Waals surface area contributed by atoms with Gasteiger partial charge in [-0.05, 0) is 36.4 Å². The average molecular weight is 472 g/mol. The average Bonchev–Trinajstić information content (AvgIpc) is 3.32. The summed E-state index contributed by atoms with van der Waals surface area (Å²) in [7, 11) is -1.98. The van der Waals surface area contributed by atoms with Gasteiger partial charge in [0.1, 0.15) is 25.2 Å². The van der Waals surface area contributed by atoms with Crippen molar-refractivity contribution in [2.24, 2.45) is 0 Å². The van der Waals surface area contributed by atoms with Crippen LogP contribution < -0.4 is 14.2 Å². The fourth-order valence-corrected chi connectivity index (χ4v) is 5.37. The van der Waals surface area contributed by atoms with Gasteiger partial charge >= 0.3 is 0 Å². The van der Waals surface area contributed by atoms with Gasteiger partial charge in [-0.2, -0.15) is 4.31 Å². The fraction of sp³-hybridized carbons (Fsp3) is 0.348. The summed E-state index contributed by atoms with van der Waals surface area (Å²) in [6.07, 6.45) is 1.65. The van der Waals surface area contributed by atoms with Crippen molar-refractivity contribution in [1.82, 2.24) is 14.2 Å². The molecule has 0 saturated carbocycles. The second-order valence-corrected chi connectivity index (χ2v) is 9.80. The first-order valence-corrected chi connectivity index (χ1v) is 12.2. The molecule has 2 aromatic carbocycles. The monoisotopic (exact) mass is 471 g/mol. The number of nitrogens with zero attached hydrogens (tertiary/aromatic N) is 3. The van der Waals surface area contributed by atoms with Gasteiger partial charge in [0.2, 0.25) is 15.9 Å². The van der Waals surface area contributed by atoms with Crippen LogP contribution in [0.2, 0.25) is 0 Å². The molecule has 5 rings (SSSR count). The molecule has 33 heavy (non-hydrogen) atoms. The molecule has 1 aromatic heterocycles. The van der Waals surface area contributed by atoms with Crippen molar-refractivity contribution in [3.05, 3.63) is 54.4 Å². The summed E-state index contributed by atoms with van der Waals surface area (Å²) in [5.41, 5.74) is 1.68. The third kappa shape index (κ3) is 4.54. The number of methoxy groups -OCH3 is 1. The van der Waals surface area contributed by atoms with E-state index in [1.54, 1.807) is 31.6 Å². The number of ether oxygens (including phenoxy) is 3. The maximum Gasteiger partial charge on any atom is 0.243 e. The van der Waals surface area contributed by atoms with Crippen LogP contribution >= 0.6 is 0 Å². The summed E-state index contributed by atoms with van der Waals surface area (Å²) in [5, 5.41) is 0. The normalized spacial score (nSPS) is 17.1. The first-order valence-electron chi connectivity index (χ1n) is 10.7. The lowest BCUT2D eigenvalue weighted by Gasteiger charge is -2.33. The zero-order chi connectivity index (χ0) is 22.8. The molecule has 0 aliphatic carbocycles. The van der Waals surface area contributed by atoms with Crippen molar-refractivity contribution in [2.75, 3.05) is 46.5 Å². The Morgan fingerprint density at radius 1 is 0.970 bits per heavy atom. The Kier molecular flexibility index (Phi) is 5.96. The molecule has 1 fully saturated rings. The molecule has 3 heterocycles. The van der Waals surface area contributed by atoms with Gasteiger partial charge in [-0.25, -0.2) is 13.4 Å². The van der Waals surface area contributed by atoms with Crippen molar-refractivity contribution in [2.45, 2.75) is 11.4 Å². The highest BCUT2D eigenvalue weighted by molar-refractivity contribution is 7.89. The summed E-state index contributed by atoms with van der Waals surface area (Å²) in [5.74, 6) is 2.37. The fourth-order valence-electron chi connectivity index (χ4n) is 3.94. The number of piperazine rings is 1. The van der Waals surface area contributed by atoms with Crippen molar-refractivity contribution in [3.63, 3.8) is 0 Å². The largest absolute Gasteiger partial charge is 0.497 e. The van der Waals surface area contributed by atoms with Crippen LogP contribution in [0.1, 0.15) is 5.69 Å². The third-order valence-corrected chi connectivity index (χ3v) is 7.65. The number of rotatable bonds is 6. The molecule has 9 nitrogen and oxygen atoms in total. The number of benzene rings is 2. The van der Waals surface area contributed by atoms with E-state index >= 15 is 0 Å². The topological polar surface area (TPSA) is 94.3 Å². The first kappa shape index (κ1) is 21.7. The summed E-state index contributed by atoms with van der Waals surface area (Å²) in [6.45, 7) is 3.49.